The Morgan fingerprint density at radius 2 is 2.10 bits per heavy atom. The van der Waals surface area contributed by atoms with Crippen molar-refractivity contribution in [1.29, 1.82) is 0 Å². The molecule has 0 aromatic carbocycles. The Labute approximate surface area is 58.4 Å². The second-order valence-electron chi connectivity index (χ2n) is 2.40. The quantitative estimate of drug-likeness (QED) is 0.556. The van der Waals surface area contributed by atoms with Crippen LogP contribution in [-0.2, 0) is 0 Å². The van der Waals surface area contributed by atoms with Crippen molar-refractivity contribution in [3.63, 3.8) is 0 Å². The average Bonchev–Trinajstić information content (AvgIpc) is 2.41. The Morgan fingerprint density at radius 3 is 2.80 bits per heavy atom. The predicted octanol–water partition coefficient (Wildman–Crippen LogP) is 2.64. The summed E-state index contributed by atoms with van der Waals surface area (Å²) < 4.78 is 10.5. The molecule has 2 heteroatoms. The molecule has 0 radical (unpaired) electrons. The second-order valence-corrected chi connectivity index (χ2v) is 2.40. The highest BCUT2D eigenvalue weighted by molar-refractivity contribution is 5.75. The van der Waals surface area contributed by atoms with E-state index in [2.05, 4.69) is 0 Å². The van der Waals surface area contributed by atoms with Crippen molar-refractivity contribution < 1.29 is 8.83 Å². The first-order valence-electron chi connectivity index (χ1n) is 3.22. The van der Waals surface area contributed by atoms with Crippen LogP contribution in [0.25, 0.3) is 11.2 Å². The fraction of sp³-hybridized carbons (Fsp3) is 0.250. The summed E-state index contributed by atoms with van der Waals surface area (Å²) >= 11 is 0. The summed E-state index contributed by atoms with van der Waals surface area (Å²) in [6, 6.07) is 1.83. The minimum absolute atomic E-state index is 0.843. The standard InChI is InChI=1S/C8H8O2/c1-5-6(2)10-7-3-4-9-8(5)7/h3-4H,1-2H3. The maximum absolute atomic E-state index is 5.34. The van der Waals surface area contributed by atoms with E-state index in [0.29, 0.717) is 0 Å². The van der Waals surface area contributed by atoms with E-state index in [1.165, 1.54) is 0 Å². The molecule has 0 aliphatic heterocycles. The van der Waals surface area contributed by atoms with Crippen molar-refractivity contribution in [2.75, 3.05) is 0 Å². The first kappa shape index (κ1) is 5.59. The maximum Gasteiger partial charge on any atom is 0.175 e. The summed E-state index contributed by atoms with van der Waals surface area (Å²) in [5.74, 6) is 0.939. The molecule has 0 aliphatic rings. The van der Waals surface area contributed by atoms with Gasteiger partial charge in [-0.25, -0.2) is 0 Å². The van der Waals surface area contributed by atoms with Crippen molar-refractivity contribution >= 4 is 11.2 Å². The Hall–Kier alpha value is -1.18. The zero-order valence-corrected chi connectivity index (χ0v) is 5.97. The van der Waals surface area contributed by atoms with Crippen LogP contribution in [0.3, 0.4) is 0 Å². The zero-order valence-electron chi connectivity index (χ0n) is 5.97. The molecule has 2 heterocycles. The monoisotopic (exact) mass is 136 g/mol. The van der Waals surface area contributed by atoms with E-state index >= 15 is 0 Å². The summed E-state index contributed by atoms with van der Waals surface area (Å²) in [7, 11) is 0. The Kier molecular flexibility index (Phi) is 0.926. The van der Waals surface area contributed by atoms with Crippen LogP contribution in [0.4, 0.5) is 0 Å². The number of furan rings is 2. The third-order valence-electron chi connectivity index (χ3n) is 1.76. The fourth-order valence-electron chi connectivity index (χ4n) is 1.05. The first-order valence-corrected chi connectivity index (χ1v) is 3.22. The topological polar surface area (TPSA) is 26.3 Å². The molecular weight excluding hydrogens is 128 g/mol. The van der Waals surface area contributed by atoms with Gasteiger partial charge in [-0.3, -0.25) is 0 Å². The van der Waals surface area contributed by atoms with Crippen LogP contribution in [0.5, 0.6) is 0 Å². The SMILES string of the molecule is Cc1oc2ccoc2c1C. The molecule has 52 valence electrons. The number of aryl methyl sites for hydroxylation is 2. The van der Waals surface area contributed by atoms with Gasteiger partial charge in [-0.15, -0.1) is 0 Å². The van der Waals surface area contributed by atoms with Crippen LogP contribution >= 0.6 is 0 Å². The molecule has 0 N–H and O–H groups in total. The lowest BCUT2D eigenvalue weighted by Gasteiger charge is -1.81. The molecule has 0 aliphatic carbocycles. The van der Waals surface area contributed by atoms with Crippen LogP contribution in [-0.4, -0.2) is 0 Å². The van der Waals surface area contributed by atoms with Gasteiger partial charge in [0, 0.05) is 11.6 Å². The molecule has 0 saturated heterocycles. The van der Waals surface area contributed by atoms with Gasteiger partial charge in [0.1, 0.15) is 5.76 Å². The molecule has 2 aromatic rings. The van der Waals surface area contributed by atoms with E-state index in [1.807, 2.05) is 19.9 Å². The third-order valence-corrected chi connectivity index (χ3v) is 1.76. The molecule has 0 fully saturated rings. The normalized spacial score (nSPS) is 11.0. The summed E-state index contributed by atoms with van der Waals surface area (Å²) in [5, 5.41) is 0. The predicted molar refractivity (Wildman–Crippen MR) is 38.0 cm³/mol. The second kappa shape index (κ2) is 1.66. The molecule has 10 heavy (non-hydrogen) atoms. The summed E-state index contributed by atoms with van der Waals surface area (Å²) in [6.07, 6.45) is 1.64. The van der Waals surface area contributed by atoms with E-state index in [1.54, 1.807) is 6.26 Å². The largest absolute Gasteiger partial charge is 0.461 e. The van der Waals surface area contributed by atoms with Crippen LogP contribution in [0, 0.1) is 13.8 Å². The highest BCUT2D eigenvalue weighted by atomic mass is 16.4. The van der Waals surface area contributed by atoms with Crippen molar-refractivity contribution in [3.05, 3.63) is 23.7 Å². The zero-order chi connectivity index (χ0) is 7.14. The van der Waals surface area contributed by atoms with Gasteiger partial charge in [0.05, 0.1) is 6.26 Å². The van der Waals surface area contributed by atoms with Crippen molar-refractivity contribution in [1.82, 2.24) is 0 Å². The van der Waals surface area contributed by atoms with E-state index in [4.69, 9.17) is 8.83 Å². The molecule has 2 aromatic heterocycles. The van der Waals surface area contributed by atoms with Gasteiger partial charge in [0.15, 0.2) is 11.2 Å². The third kappa shape index (κ3) is 0.533. The summed E-state index contributed by atoms with van der Waals surface area (Å²) in [5.41, 5.74) is 2.81. The van der Waals surface area contributed by atoms with Crippen LogP contribution < -0.4 is 0 Å². The van der Waals surface area contributed by atoms with Crippen LogP contribution in [0.15, 0.2) is 21.2 Å². The average molecular weight is 136 g/mol. The Balaban J connectivity index is 2.95. The maximum atomic E-state index is 5.34. The smallest absolute Gasteiger partial charge is 0.175 e. The lowest BCUT2D eigenvalue weighted by atomic mass is 10.3. The van der Waals surface area contributed by atoms with Gasteiger partial charge in [-0.1, -0.05) is 0 Å². The van der Waals surface area contributed by atoms with Crippen molar-refractivity contribution in [3.8, 4) is 0 Å². The van der Waals surface area contributed by atoms with Gasteiger partial charge in [-0.2, -0.15) is 0 Å². The Bertz CT molecular complexity index is 354. The van der Waals surface area contributed by atoms with Crippen molar-refractivity contribution in [2.24, 2.45) is 0 Å². The molecule has 0 unspecified atom stereocenters. The lowest BCUT2D eigenvalue weighted by molar-refractivity contribution is 0.575. The van der Waals surface area contributed by atoms with Gasteiger partial charge in [0.2, 0.25) is 0 Å². The molecule has 0 atom stereocenters. The highest BCUT2D eigenvalue weighted by Gasteiger charge is 2.07. The lowest BCUT2D eigenvalue weighted by Crippen LogP contribution is -1.66. The molecule has 2 rings (SSSR count). The van der Waals surface area contributed by atoms with E-state index in [0.717, 1.165) is 22.5 Å². The Morgan fingerprint density at radius 1 is 1.30 bits per heavy atom. The van der Waals surface area contributed by atoms with Crippen molar-refractivity contribution in [2.45, 2.75) is 13.8 Å². The number of fused-ring (bicyclic) bond motifs is 1. The van der Waals surface area contributed by atoms with Gasteiger partial charge < -0.3 is 8.83 Å². The molecule has 0 spiro atoms. The van der Waals surface area contributed by atoms with Gasteiger partial charge >= 0.3 is 0 Å². The fourth-order valence-corrected chi connectivity index (χ4v) is 1.05. The van der Waals surface area contributed by atoms with E-state index < -0.39 is 0 Å². The highest BCUT2D eigenvalue weighted by Crippen LogP contribution is 2.24. The molecule has 0 bridgehead atoms. The van der Waals surface area contributed by atoms with Crippen LogP contribution in [0.1, 0.15) is 11.3 Å². The molecule has 0 amide bonds. The minimum Gasteiger partial charge on any atom is -0.461 e. The number of hydrogen-bond acceptors (Lipinski definition) is 2. The summed E-state index contributed by atoms with van der Waals surface area (Å²) in [6.45, 7) is 3.93. The minimum atomic E-state index is 0.843. The molecule has 0 saturated carbocycles. The summed E-state index contributed by atoms with van der Waals surface area (Å²) in [4.78, 5) is 0. The first-order chi connectivity index (χ1) is 4.79. The van der Waals surface area contributed by atoms with E-state index in [-0.39, 0.29) is 0 Å². The molecular formula is C8H8O2. The van der Waals surface area contributed by atoms with E-state index in [9.17, 15) is 0 Å². The number of rotatable bonds is 0. The number of hydrogen-bond donors (Lipinski definition) is 0. The molecule has 2 nitrogen and oxygen atoms in total. The van der Waals surface area contributed by atoms with Crippen LogP contribution in [0.2, 0.25) is 0 Å². The van der Waals surface area contributed by atoms with Gasteiger partial charge in [-0.05, 0) is 13.8 Å². The van der Waals surface area contributed by atoms with Gasteiger partial charge in [0.25, 0.3) is 0 Å².